The average molecular weight is 377 g/mol. The van der Waals surface area contributed by atoms with E-state index in [9.17, 15) is 9.59 Å². The standard InChI is InChI=1S/C23H23NO4/c1-3-4-13-27-23(26)17-7-9-19(10-8-17)24-22(25)12-11-20-15-18-6-5-16(2)14-21(18)28-20/h5-12,14-15H,3-4,13H2,1-2H3,(H,24,25). The van der Waals surface area contributed by atoms with Crippen molar-refractivity contribution in [3.63, 3.8) is 0 Å². The maximum Gasteiger partial charge on any atom is 0.338 e. The molecule has 3 aromatic rings. The lowest BCUT2D eigenvalue weighted by molar-refractivity contribution is -0.111. The van der Waals surface area contributed by atoms with Gasteiger partial charge in [0.2, 0.25) is 5.91 Å². The quantitative estimate of drug-likeness (QED) is 0.342. The van der Waals surface area contributed by atoms with E-state index in [1.54, 1.807) is 30.3 Å². The first-order chi connectivity index (χ1) is 13.5. The fraction of sp³-hybridized carbons (Fsp3) is 0.217. The molecule has 0 fully saturated rings. The third-order valence-corrected chi connectivity index (χ3v) is 4.21. The normalized spacial score (nSPS) is 11.1. The minimum atomic E-state index is -0.355. The van der Waals surface area contributed by atoms with Crippen LogP contribution in [0.4, 0.5) is 5.69 Å². The second-order valence-corrected chi connectivity index (χ2v) is 6.58. The summed E-state index contributed by atoms with van der Waals surface area (Å²) in [6.07, 6.45) is 4.86. The summed E-state index contributed by atoms with van der Waals surface area (Å²) in [5.74, 6) is -0.0258. The summed E-state index contributed by atoms with van der Waals surface area (Å²) >= 11 is 0. The van der Waals surface area contributed by atoms with Crippen molar-refractivity contribution in [2.24, 2.45) is 0 Å². The zero-order valence-electron chi connectivity index (χ0n) is 16.0. The van der Waals surface area contributed by atoms with Gasteiger partial charge in [0.15, 0.2) is 0 Å². The molecule has 0 unspecified atom stereocenters. The molecular formula is C23H23NO4. The molecule has 0 saturated carbocycles. The van der Waals surface area contributed by atoms with E-state index in [4.69, 9.17) is 9.15 Å². The van der Waals surface area contributed by atoms with E-state index in [-0.39, 0.29) is 11.9 Å². The highest BCUT2D eigenvalue weighted by atomic mass is 16.5. The van der Waals surface area contributed by atoms with Crippen molar-refractivity contribution >= 4 is 34.6 Å². The number of anilines is 1. The number of fused-ring (bicyclic) bond motifs is 1. The van der Waals surface area contributed by atoms with Gasteiger partial charge in [-0.25, -0.2) is 4.79 Å². The Bertz CT molecular complexity index is 999. The Balaban J connectivity index is 1.57. The molecule has 1 amide bonds. The maximum atomic E-state index is 12.1. The van der Waals surface area contributed by atoms with Crippen molar-refractivity contribution in [3.05, 3.63) is 71.5 Å². The van der Waals surface area contributed by atoms with Gasteiger partial charge in [-0.3, -0.25) is 4.79 Å². The lowest BCUT2D eigenvalue weighted by Crippen LogP contribution is -2.09. The minimum Gasteiger partial charge on any atom is -0.462 e. The molecule has 0 aliphatic rings. The number of carbonyl (C=O) groups excluding carboxylic acids is 2. The monoisotopic (exact) mass is 377 g/mol. The first kappa shape index (κ1) is 19.4. The molecule has 0 aliphatic carbocycles. The zero-order chi connectivity index (χ0) is 19.9. The van der Waals surface area contributed by atoms with E-state index in [0.717, 1.165) is 29.4 Å². The van der Waals surface area contributed by atoms with Crippen LogP contribution < -0.4 is 5.32 Å². The van der Waals surface area contributed by atoms with Crippen molar-refractivity contribution in [1.82, 2.24) is 0 Å². The number of esters is 1. The summed E-state index contributed by atoms with van der Waals surface area (Å²) in [6.45, 7) is 4.45. The van der Waals surface area contributed by atoms with Crippen LogP contribution in [0.1, 0.15) is 41.4 Å². The number of amides is 1. The second kappa shape index (κ2) is 9.04. The Morgan fingerprint density at radius 1 is 1.11 bits per heavy atom. The van der Waals surface area contributed by atoms with Crippen LogP contribution in [0.15, 0.2) is 59.0 Å². The molecule has 2 aromatic carbocycles. The van der Waals surface area contributed by atoms with Gasteiger partial charge in [-0.1, -0.05) is 25.5 Å². The van der Waals surface area contributed by atoms with Crippen LogP contribution in [0.5, 0.6) is 0 Å². The zero-order valence-corrected chi connectivity index (χ0v) is 16.0. The van der Waals surface area contributed by atoms with Crippen LogP contribution >= 0.6 is 0 Å². The number of rotatable bonds is 7. The predicted molar refractivity (Wildman–Crippen MR) is 110 cm³/mol. The van der Waals surface area contributed by atoms with Crippen molar-refractivity contribution < 1.29 is 18.7 Å². The van der Waals surface area contributed by atoms with Gasteiger partial charge in [-0.15, -0.1) is 0 Å². The molecule has 0 atom stereocenters. The second-order valence-electron chi connectivity index (χ2n) is 6.58. The molecule has 144 valence electrons. The number of benzene rings is 2. The van der Waals surface area contributed by atoms with Crippen LogP contribution in [0.25, 0.3) is 17.0 Å². The summed E-state index contributed by atoms with van der Waals surface area (Å²) in [5, 5.41) is 3.75. The highest BCUT2D eigenvalue weighted by Crippen LogP contribution is 2.21. The molecule has 0 bridgehead atoms. The number of aryl methyl sites for hydroxylation is 1. The van der Waals surface area contributed by atoms with Crippen LogP contribution in [0, 0.1) is 6.92 Å². The summed E-state index contributed by atoms with van der Waals surface area (Å²) < 4.78 is 10.9. The first-order valence-electron chi connectivity index (χ1n) is 9.31. The number of hydrogen-bond acceptors (Lipinski definition) is 4. The van der Waals surface area contributed by atoms with Gasteiger partial charge in [-0.05, 0) is 61.4 Å². The molecule has 0 aliphatic heterocycles. The van der Waals surface area contributed by atoms with E-state index >= 15 is 0 Å². The Labute approximate surface area is 164 Å². The summed E-state index contributed by atoms with van der Waals surface area (Å²) in [4.78, 5) is 24.0. The molecule has 28 heavy (non-hydrogen) atoms. The molecule has 5 heteroatoms. The number of furan rings is 1. The summed E-state index contributed by atoms with van der Waals surface area (Å²) in [5.41, 5.74) is 2.97. The number of hydrogen-bond donors (Lipinski definition) is 1. The van der Waals surface area contributed by atoms with Gasteiger partial charge in [-0.2, -0.15) is 0 Å². The largest absolute Gasteiger partial charge is 0.462 e. The Morgan fingerprint density at radius 3 is 2.64 bits per heavy atom. The molecule has 0 saturated heterocycles. The molecule has 1 aromatic heterocycles. The number of unbranched alkanes of at least 4 members (excludes halogenated alkanes) is 1. The van der Waals surface area contributed by atoms with Gasteiger partial charge in [0, 0.05) is 17.1 Å². The van der Waals surface area contributed by atoms with Crippen molar-refractivity contribution in [3.8, 4) is 0 Å². The summed E-state index contributed by atoms with van der Waals surface area (Å²) in [7, 11) is 0. The lowest BCUT2D eigenvalue weighted by atomic mass is 10.2. The van der Waals surface area contributed by atoms with E-state index in [2.05, 4.69) is 5.32 Å². The molecular weight excluding hydrogens is 354 g/mol. The summed E-state index contributed by atoms with van der Waals surface area (Å²) in [6, 6.07) is 14.5. The Kier molecular flexibility index (Phi) is 6.27. The molecule has 1 heterocycles. The molecule has 3 rings (SSSR count). The topological polar surface area (TPSA) is 68.5 Å². The van der Waals surface area contributed by atoms with Gasteiger partial charge < -0.3 is 14.5 Å². The Morgan fingerprint density at radius 2 is 1.89 bits per heavy atom. The molecule has 0 spiro atoms. The van der Waals surface area contributed by atoms with Gasteiger partial charge in [0.25, 0.3) is 0 Å². The number of nitrogens with one attached hydrogen (secondary N) is 1. The van der Waals surface area contributed by atoms with Gasteiger partial charge >= 0.3 is 5.97 Å². The molecule has 0 radical (unpaired) electrons. The fourth-order valence-corrected chi connectivity index (χ4v) is 2.66. The highest BCUT2D eigenvalue weighted by molar-refractivity contribution is 6.02. The Hall–Kier alpha value is -3.34. The van der Waals surface area contributed by atoms with Crippen LogP contribution in [0.2, 0.25) is 0 Å². The van der Waals surface area contributed by atoms with E-state index in [1.165, 1.54) is 6.08 Å². The third kappa shape index (κ3) is 5.10. The van der Waals surface area contributed by atoms with Gasteiger partial charge in [0.05, 0.1) is 12.2 Å². The highest BCUT2D eigenvalue weighted by Gasteiger charge is 2.07. The van der Waals surface area contributed by atoms with E-state index in [1.807, 2.05) is 38.1 Å². The van der Waals surface area contributed by atoms with Crippen LogP contribution in [-0.2, 0) is 9.53 Å². The first-order valence-corrected chi connectivity index (χ1v) is 9.31. The number of ether oxygens (including phenoxy) is 1. The lowest BCUT2D eigenvalue weighted by Gasteiger charge is -2.05. The molecule has 5 nitrogen and oxygen atoms in total. The predicted octanol–water partition coefficient (Wildman–Crippen LogP) is 5.35. The van der Waals surface area contributed by atoms with Crippen LogP contribution in [-0.4, -0.2) is 18.5 Å². The van der Waals surface area contributed by atoms with E-state index < -0.39 is 0 Å². The van der Waals surface area contributed by atoms with Crippen molar-refractivity contribution in [1.29, 1.82) is 0 Å². The smallest absolute Gasteiger partial charge is 0.338 e. The van der Waals surface area contributed by atoms with E-state index in [0.29, 0.717) is 23.6 Å². The van der Waals surface area contributed by atoms with Crippen molar-refractivity contribution in [2.75, 3.05) is 11.9 Å². The average Bonchev–Trinajstić information content (AvgIpc) is 3.09. The SMILES string of the molecule is CCCCOC(=O)c1ccc(NC(=O)C=Cc2cc3ccc(C)cc3o2)cc1. The number of carbonyl (C=O) groups is 2. The fourth-order valence-electron chi connectivity index (χ4n) is 2.66. The van der Waals surface area contributed by atoms with Crippen LogP contribution in [0.3, 0.4) is 0 Å². The van der Waals surface area contributed by atoms with Gasteiger partial charge in [0.1, 0.15) is 11.3 Å². The molecule has 1 N–H and O–H groups in total. The third-order valence-electron chi connectivity index (χ3n) is 4.21. The van der Waals surface area contributed by atoms with Crippen molar-refractivity contribution in [2.45, 2.75) is 26.7 Å². The minimum absolute atomic E-state index is 0.282. The maximum absolute atomic E-state index is 12.1.